The van der Waals surface area contributed by atoms with Crippen LogP contribution in [0.25, 0.3) is 0 Å². The summed E-state index contributed by atoms with van der Waals surface area (Å²) in [5, 5.41) is 15.2. The van der Waals surface area contributed by atoms with Crippen LogP contribution in [0.1, 0.15) is 29.6 Å². The summed E-state index contributed by atoms with van der Waals surface area (Å²) in [6.07, 6.45) is 0. The molecule has 2 amide bonds. The molecule has 6 nitrogen and oxygen atoms in total. The highest BCUT2D eigenvalue weighted by Crippen LogP contribution is 2.26. The molecule has 1 heterocycles. The number of amides is 2. The summed E-state index contributed by atoms with van der Waals surface area (Å²) in [6.45, 7) is 6.46. The number of hydrogen-bond acceptors (Lipinski definition) is 4. The summed E-state index contributed by atoms with van der Waals surface area (Å²) in [5.41, 5.74) is -0.0608. The Morgan fingerprint density at radius 2 is 1.84 bits per heavy atom. The molecule has 3 N–H and O–H groups in total. The van der Waals surface area contributed by atoms with Crippen molar-refractivity contribution in [3.63, 3.8) is 0 Å². The van der Waals surface area contributed by atoms with Gasteiger partial charge in [-0.05, 0) is 57.5 Å². The third-order valence-electron chi connectivity index (χ3n) is 3.72. The molecular formula is C18H21FN2O4. The molecule has 25 heavy (non-hydrogen) atoms. The first kappa shape index (κ1) is 18.7. The van der Waals surface area contributed by atoms with Crippen LogP contribution in [-0.4, -0.2) is 23.5 Å². The average Bonchev–Trinajstić information content (AvgIpc) is 2.83. The van der Waals surface area contributed by atoms with Gasteiger partial charge in [-0.1, -0.05) is 0 Å². The van der Waals surface area contributed by atoms with Crippen molar-refractivity contribution in [2.45, 2.75) is 33.3 Å². The molecule has 0 saturated carbocycles. The maximum absolute atomic E-state index is 13.3. The van der Waals surface area contributed by atoms with E-state index in [9.17, 15) is 19.1 Å². The molecule has 2 aromatic rings. The van der Waals surface area contributed by atoms with Crippen LogP contribution in [0.2, 0.25) is 0 Å². The average molecular weight is 348 g/mol. The van der Waals surface area contributed by atoms with Crippen LogP contribution in [0.15, 0.2) is 28.7 Å². The van der Waals surface area contributed by atoms with Gasteiger partial charge in [-0.25, -0.2) is 4.39 Å². The summed E-state index contributed by atoms with van der Waals surface area (Å²) in [5.74, 6) is -1.21. The van der Waals surface area contributed by atoms with E-state index in [1.165, 1.54) is 13.0 Å². The van der Waals surface area contributed by atoms with Crippen molar-refractivity contribution >= 4 is 17.5 Å². The Kier molecular flexibility index (Phi) is 5.27. The Morgan fingerprint density at radius 3 is 2.40 bits per heavy atom. The third kappa shape index (κ3) is 4.67. The topological polar surface area (TPSA) is 91.6 Å². The number of aliphatic hydroxyl groups is 1. The molecule has 2 rings (SSSR count). The predicted molar refractivity (Wildman–Crippen MR) is 90.5 cm³/mol. The Morgan fingerprint density at radius 1 is 1.16 bits per heavy atom. The van der Waals surface area contributed by atoms with Gasteiger partial charge in [0.25, 0.3) is 0 Å². The molecule has 0 bridgehead atoms. The molecule has 1 atom stereocenters. The standard InChI is InChI=1S/C18H21FN2O4/c1-10-5-13(19)8-14(6-10)21-17(23)16(22)20-9-18(4,24)15-7-11(2)25-12(15)3/h5-8,24H,9H2,1-4H3,(H,20,22)(H,21,23). The maximum Gasteiger partial charge on any atom is 0.313 e. The van der Waals surface area contributed by atoms with Crippen LogP contribution in [0.3, 0.4) is 0 Å². The summed E-state index contributed by atoms with van der Waals surface area (Å²) >= 11 is 0. The lowest BCUT2D eigenvalue weighted by molar-refractivity contribution is -0.136. The van der Waals surface area contributed by atoms with E-state index in [-0.39, 0.29) is 12.2 Å². The highest BCUT2D eigenvalue weighted by molar-refractivity contribution is 6.39. The van der Waals surface area contributed by atoms with E-state index in [0.29, 0.717) is 22.6 Å². The van der Waals surface area contributed by atoms with Crippen LogP contribution >= 0.6 is 0 Å². The zero-order valence-electron chi connectivity index (χ0n) is 14.6. The lowest BCUT2D eigenvalue weighted by Gasteiger charge is -2.23. The first-order valence-corrected chi connectivity index (χ1v) is 7.75. The van der Waals surface area contributed by atoms with Crippen molar-refractivity contribution in [1.29, 1.82) is 0 Å². The number of benzene rings is 1. The van der Waals surface area contributed by atoms with E-state index in [0.717, 1.165) is 6.07 Å². The summed E-state index contributed by atoms with van der Waals surface area (Å²) < 4.78 is 18.7. The Labute approximate surface area is 145 Å². The molecule has 0 aliphatic rings. The molecule has 1 aromatic carbocycles. The molecule has 1 aromatic heterocycles. The maximum atomic E-state index is 13.3. The molecule has 0 aliphatic carbocycles. The fourth-order valence-electron chi connectivity index (χ4n) is 2.59. The monoisotopic (exact) mass is 348 g/mol. The Bertz CT molecular complexity index is 791. The van der Waals surface area contributed by atoms with E-state index in [1.807, 2.05) is 0 Å². The van der Waals surface area contributed by atoms with Crippen molar-refractivity contribution in [1.82, 2.24) is 5.32 Å². The zero-order valence-corrected chi connectivity index (χ0v) is 14.6. The molecule has 0 aliphatic heterocycles. The van der Waals surface area contributed by atoms with Gasteiger partial charge >= 0.3 is 11.8 Å². The number of furan rings is 1. The molecular weight excluding hydrogens is 327 g/mol. The van der Waals surface area contributed by atoms with Gasteiger partial charge in [0.05, 0.1) is 6.54 Å². The summed E-state index contributed by atoms with van der Waals surface area (Å²) in [6, 6.07) is 5.65. The molecule has 1 unspecified atom stereocenters. The minimum Gasteiger partial charge on any atom is -0.466 e. The van der Waals surface area contributed by atoms with Crippen molar-refractivity contribution in [3.8, 4) is 0 Å². The van der Waals surface area contributed by atoms with Gasteiger partial charge in [-0.2, -0.15) is 0 Å². The Hall–Kier alpha value is -2.67. The van der Waals surface area contributed by atoms with E-state index in [4.69, 9.17) is 4.42 Å². The normalized spacial score (nSPS) is 13.2. The number of hydrogen-bond donors (Lipinski definition) is 3. The van der Waals surface area contributed by atoms with Gasteiger partial charge in [0.15, 0.2) is 0 Å². The quantitative estimate of drug-likeness (QED) is 0.740. The molecule has 134 valence electrons. The van der Waals surface area contributed by atoms with E-state index in [2.05, 4.69) is 10.6 Å². The second-order valence-electron chi connectivity index (χ2n) is 6.25. The molecule has 7 heteroatoms. The van der Waals surface area contributed by atoms with E-state index in [1.54, 1.807) is 32.9 Å². The lowest BCUT2D eigenvalue weighted by atomic mass is 9.96. The number of rotatable bonds is 4. The van der Waals surface area contributed by atoms with E-state index < -0.39 is 23.2 Å². The zero-order chi connectivity index (χ0) is 18.8. The van der Waals surface area contributed by atoms with Crippen LogP contribution in [-0.2, 0) is 15.2 Å². The number of aryl methyl sites for hydroxylation is 3. The van der Waals surface area contributed by atoms with Gasteiger partial charge in [0.1, 0.15) is 22.9 Å². The minimum atomic E-state index is -1.40. The van der Waals surface area contributed by atoms with Gasteiger partial charge in [0, 0.05) is 11.3 Å². The first-order valence-electron chi connectivity index (χ1n) is 7.75. The van der Waals surface area contributed by atoms with Gasteiger partial charge < -0.3 is 20.2 Å². The van der Waals surface area contributed by atoms with Gasteiger partial charge in [-0.15, -0.1) is 0 Å². The highest BCUT2D eigenvalue weighted by atomic mass is 19.1. The lowest BCUT2D eigenvalue weighted by Crippen LogP contribution is -2.43. The fraction of sp³-hybridized carbons (Fsp3) is 0.333. The fourth-order valence-corrected chi connectivity index (χ4v) is 2.59. The Balaban J connectivity index is 1.99. The second-order valence-corrected chi connectivity index (χ2v) is 6.25. The number of anilines is 1. The summed E-state index contributed by atoms with van der Waals surface area (Å²) in [4.78, 5) is 23.8. The minimum absolute atomic E-state index is 0.179. The first-order chi connectivity index (χ1) is 11.6. The molecule has 0 radical (unpaired) electrons. The number of nitrogens with one attached hydrogen (secondary N) is 2. The van der Waals surface area contributed by atoms with Crippen LogP contribution in [0.5, 0.6) is 0 Å². The number of halogens is 1. The van der Waals surface area contributed by atoms with Crippen LogP contribution < -0.4 is 10.6 Å². The van der Waals surface area contributed by atoms with E-state index >= 15 is 0 Å². The van der Waals surface area contributed by atoms with Crippen molar-refractivity contribution in [3.05, 3.63) is 52.7 Å². The third-order valence-corrected chi connectivity index (χ3v) is 3.72. The van der Waals surface area contributed by atoms with Crippen molar-refractivity contribution < 1.29 is 23.5 Å². The van der Waals surface area contributed by atoms with Crippen molar-refractivity contribution in [2.75, 3.05) is 11.9 Å². The van der Waals surface area contributed by atoms with Crippen LogP contribution in [0.4, 0.5) is 10.1 Å². The van der Waals surface area contributed by atoms with Crippen molar-refractivity contribution in [2.24, 2.45) is 0 Å². The number of carbonyl (C=O) groups is 2. The molecule has 0 fully saturated rings. The smallest absolute Gasteiger partial charge is 0.313 e. The largest absolute Gasteiger partial charge is 0.466 e. The highest BCUT2D eigenvalue weighted by Gasteiger charge is 2.29. The predicted octanol–water partition coefficient (Wildman–Crippen LogP) is 2.31. The number of carbonyl (C=O) groups excluding carboxylic acids is 2. The molecule has 0 spiro atoms. The SMILES string of the molecule is Cc1cc(F)cc(NC(=O)C(=O)NCC(C)(O)c2cc(C)oc2C)c1. The summed E-state index contributed by atoms with van der Waals surface area (Å²) in [7, 11) is 0. The van der Waals surface area contributed by atoms with Crippen LogP contribution in [0, 0.1) is 26.6 Å². The van der Waals surface area contributed by atoms with Gasteiger partial charge in [-0.3, -0.25) is 9.59 Å². The van der Waals surface area contributed by atoms with Gasteiger partial charge in [0.2, 0.25) is 0 Å². The molecule has 0 saturated heterocycles. The second kappa shape index (κ2) is 7.06.